The number of allylic oxidation sites excluding steroid dienone is 2. The van der Waals surface area contributed by atoms with Crippen molar-refractivity contribution in [3.8, 4) is 11.8 Å². The van der Waals surface area contributed by atoms with Crippen molar-refractivity contribution in [2.45, 2.75) is 12.3 Å². The molecule has 0 radical (unpaired) electrons. The molecule has 0 aliphatic carbocycles. The van der Waals surface area contributed by atoms with Crippen molar-refractivity contribution in [2.75, 3.05) is 27.9 Å². The number of methoxy groups -OCH3 is 3. The third-order valence-corrected chi connectivity index (χ3v) is 5.46. The van der Waals surface area contributed by atoms with Gasteiger partial charge in [-0.05, 0) is 35.4 Å². The molecule has 1 aliphatic rings. The third kappa shape index (κ3) is 4.77. The molecule has 1 heterocycles. The van der Waals surface area contributed by atoms with Crippen molar-refractivity contribution >= 4 is 17.6 Å². The number of esters is 1. The number of carbonyl (C=O) groups excluding carboxylic acids is 1. The normalized spacial score (nSPS) is 15.8. The van der Waals surface area contributed by atoms with Gasteiger partial charge in [0.25, 0.3) is 0 Å². The van der Waals surface area contributed by atoms with Crippen LogP contribution in [0.1, 0.15) is 17.0 Å². The minimum absolute atomic E-state index is 0.0695. The Morgan fingerprint density at radius 2 is 1.97 bits per heavy atom. The number of nitrogens with zero attached hydrogens (tertiary/aromatic N) is 1. The second kappa shape index (κ2) is 10.3. The monoisotopic (exact) mass is 456 g/mol. The Labute approximate surface area is 190 Å². The van der Waals surface area contributed by atoms with Crippen LogP contribution < -0.4 is 10.1 Å². The molecule has 6 nitrogen and oxygen atoms in total. The Balaban J connectivity index is 2.21. The molecule has 166 valence electrons. The lowest BCUT2D eigenvalue weighted by atomic mass is 9.79. The van der Waals surface area contributed by atoms with Crippen LogP contribution in [0, 0.1) is 17.1 Å². The van der Waals surface area contributed by atoms with E-state index in [2.05, 4.69) is 11.4 Å². The molecule has 0 saturated carbocycles. The van der Waals surface area contributed by atoms with Crippen molar-refractivity contribution in [1.29, 1.82) is 5.26 Å². The minimum atomic E-state index is -0.854. The number of halogens is 2. The molecule has 2 aromatic rings. The lowest BCUT2D eigenvalue weighted by Crippen LogP contribution is -2.33. The number of carbonyl (C=O) groups is 1. The third-order valence-electron chi connectivity index (χ3n) is 5.13. The van der Waals surface area contributed by atoms with Gasteiger partial charge in [0, 0.05) is 24.3 Å². The predicted molar refractivity (Wildman–Crippen MR) is 118 cm³/mol. The van der Waals surface area contributed by atoms with Gasteiger partial charge in [0.2, 0.25) is 0 Å². The molecular formula is C24H22ClFN2O4. The van der Waals surface area contributed by atoms with Crippen molar-refractivity contribution in [2.24, 2.45) is 0 Å². The summed E-state index contributed by atoms with van der Waals surface area (Å²) in [6.07, 6.45) is 0.358. The quantitative estimate of drug-likeness (QED) is 0.627. The zero-order chi connectivity index (χ0) is 23.3. The fraction of sp³-hybridized carbons (Fsp3) is 0.250. The first-order chi connectivity index (χ1) is 15.4. The first kappa shape index (κ1) is 23.3. The molecule has 1 aliphatic heterocycles. The molecule has 0 spiro atoms. The molecule has 0 bridgehead atoms. The average molecular weight is 457 g/mol. The van der Waals surface area contributed by atoms with Gasteiger partial charge in [-0.2, -0.15) is 5.26 Å². The van der Waals surface area contributed by atoms with Crippen LogP contribution >= 0.6 is 11.6 Å². The zero-order valence-corrected chi connectivity index (χ0v) is 18.6. The van der Waals surface area contributed by atoms with Gasteiger partial charge in [0.05, 0.1) is 49.7 Å². The van der Waals surface area contributed by atoms with Gasteiger partial charge < -0.3 is 19.5 Å². The van der Waals surface area contributed by atoms with E-state index in [1.54, 1.807) is 7.11 Å². The van der Waals surface area contributed by atoms with E-state index < -0.39 is 17.7 Å². The first-order valence-corrected chi connectivity index (χ1v) is 10.1. The van der Waals surface area contributed by atoms with Crippen molar-refractivity contribution in [3.05, 3.63) is 87.0 Å². The second-order valence-corrected chi connectivity index (χ2v) is 7.48. The molecule has 1 atom stereocenters. The van der Waals surface area contributed by atoms with Gasteiger partial charge in [0.15, 0.2) is 0 Å². The molecule has 0 amide bonds. The van der Waals surface area contributed by atoms with Crippen LogP contribution in [0.2, 0.25) is 5.02 Å². The Morgan fingerprint density at radius 3 is 2.59 bits per heavy atom. The molecule has 0 fully saturated rings. The number of nitrogens with one attached hydrogen (secondary N) is 1. The number of dihydropyridines is 1. The Morgan fingerprint density at radius 1 is 1.19 bits per heavy atom. The summed E-state index contributed by atoms with van der Waals surface area (Å²) >= 11 is 6.36. The van der Waals surface area contributed by atoms with Crippen LogP contribution in [0.4, 0.5) is 4.39 Å². The van der Waals surface area contributed by atoms with E-state index in [-0.39, 0.29) is 22.8 Å². The number of ether oxygens (including phenoxy) is 3. The van der Waals surface area contributed by atoms with E-state index in [1.807, 2.05) is 24.3 Å². The summed E-state index contributed by atoms with van der Waals surface area (Å²) in [5, 5.41) is 13.4. The van der Waals surface area contributed by atoms with Gasteiger partial charge in [-0.25, -0.2) is 9.18 Å². The van der Waals surface area contributed by atoms with Crippen molar-refractivity contribution < 1.29 is 23.4 Å². The minimum Gasteiger partial charge on any atom is -0.497 e. The fourth-order valence-electron chi connectivity index (χ4n) is 3.72. The van der Waals surface area contributed by atoms with Crippen molar-refractivity contribution in [3.63, 3.8) is 0 Å². The van der Waals surface area contributed by atoms with Crippen LogP contribution in [-0.2, 0) is 20.7 Å². The molecule has 32 heavy (non-hydrogen) atoms. The predicted octanol–water partition coefficient (Wildman–Crippen LogP) is 4.27. The maximum Gasteiger partial charge on any atom is 0.336 e. The summed E-state index contributed by atoms with van der Waals surface area (Å²) in [6, 6.07) is 13.5. The molecule has 1 N–H and O–H groups in total. The SMILES string of the molecule is COCC1=C(C(=O)OC)C(c2ccc(F)cc2Cl)C(C#N)=C(Cc2cccc(OC)c2)N1. The molecule has 0 saturated heterocycles. The maximum atomic E-state index is 13.7. The molecule has 3 rings (SSSR count). The highest BCUT2D eigenvalue weighted by Crippen LogP contribution is 2.42. The highest BCUT2D eigenvalue weighted by atomic mass is 35.5. The van der Waals surface area contributed by atoms with Gasteiger partial charge >= 0.3 is 5.97 Å². The number of benzene rings is 2. The molecule has 0 aromatic heterocycles. The summed E-state index contributed by atoms with van der Waals surface area (Å²) in [7, 11) is 4.33. The summed E-state index contributed by atoms with van der Waals surface area (Å²) in [4.78, 5) is 12.8. The van der Waals surface area contributed by atoms with E-state index in [0.29, 0.717) is 29.1 Å². The number of nitriles is 1. The standard InChI is InChI=1S/C24H22ClFN2O4/c1-30-13-21-23(24(29)32-3)22(17-8-7-15(26)11-19(17)25)18(12-27)20(28-21)10-14-5-4-6-16(9-14)31-2/h4-9,11,22,28H,10,13H2,1-3H3. The van der Waals surface area contributed by atoms with Crippen LogP contribution in [0.25, 0.3) is 0 Å². The van der Waals surface area contributed by atoms with Gasteiger partial charge in [-0.1, -0.05) is 29.8 Å². The Bertz CT molecular complexity index is 1140. The highest BCUT2D eigenvalue weighted by molar-refractivity contribution is 6.31. The zero-order valence-electron chi connectivity index (χ0n) is 17.9. The van der Waals surface area contributed by atoms with E-state index in [0.717, 1.165) is 11.6 Å². The smallest absolute Gasteiger partial charge is 0.336 e. The Kier molecular flexibility index (Phi) is 7.52. The summed E-state index contributed by atoms with van der Waals surface area (Å²) < 4.78 is 29.3. The first-order valence-electron chi connectivity index (χ1n) is 9.71. The summed E-state index contributed by atoms with van der Waals surface area (Å²) in [6.45, 7) is 0.0695. The van der Waals surface area contributed by atoms with Gasteiger partial charge in [-0.3, -0.25) is 0 Å². The number of hydrogen-bond acceptors (Lipinski definition) is 6. The number of hydrogen-bond donors (Lipinski definition) is 1. The van der Waals surface area contributed by atoms with Gasteiger partial charge in [-0.15, -0.1) is 0 Å². The number of rotatable bonds is 7. The fourth-order valence-corrected chi connectivity index (χ4v) is 4.00. The summed E-state index contributed by atoms with van der Waals surface area (Å²) in [5.41, 5.74) is 2.80. The topological polar surface area (TPSA) is 80.6 Å². The average Bonchev–Trinajstić information content (AvgIpc) is 2.78. The largest absolute Gasteiger partial charge is 0.497 e. The van der Waals surface area contributed by atoms with Gasteiger partial charge in [0.1, 0.15) is 11.6 Å². The Hall–Kier alpha value is -3.34. The lowest BCUT2D eigenvalue weighted by molar-refractivity contribution is -0.136. The van der Waals surface area contributed by atoms with Crippen LogP contribution in [0.3, 0.4) is 0 Å². The molecular weight excluding hydrogens is 435 g/mol. The molecule has 8 heteroatoms. The van der Waals surface area contributed by atoms with Crippen LogP contribution in [0.5, 0.6) is 5.75 Å². The lowest BCUT2D eigenvalue weighted by Gasteiger charge is -2.31. The second-order valence-electron chi connectivity index (χ2n) is 7.07. The van der Waals surface area contributed by atoms with E-state index in [4.69, 9.17) is 25.8 Å². The van der Waals surface area contributed by atoms with E-state index in [9.17, 15) is 14.4 Å². The summed E-state index contributed by atoms with van der Waals surface area (Å²) in [5.74, 6) is -1.33. The maximum absolute atomic E-state index is 13.7. The molecule has 1 unspecified atom stereocenters. The van der Waals surface area contributed by atoms with Crippen LogP contribution in [0.15, 0.2) is 65.0 Å². The van der Waals surface area contributed by atoms with E-state index >= 15 is 0 Å². The molecule has 2 aromatic carbocycles. The van der Waals surface area contributed by atoms with Crippen LogP contribution in [-0.4, -0.2) is 33.9 Å². The van der Waals surface area contributed by atoms with Crippen molar-refractivity contribution in [1.82, 2.24) is 5.32 Å². The van der Waals surface area contributed by atoms with E-state index in [1.165, 1.54) is 26.4 Å². The highest BCUT2D eigenvalue weighted by Gasteiger charge is 2.37.